The lowest BCUT2D eigenvalue weighted by Gasteiger charge is -2.18. The second kappa shape index (κ2) is 8.54. The topological polar surface area (TPSA) is 68.5 Å². The zero-order valence-corrected chi connectivity index (χ0v) is 15.5. The molecule has 0 aliphatic carbocycles. The summed E-state index contributed by atoms with van der Waals surface area (Å²) in [5.41, 5.74) is 3.56. The summed E-state index contributed by atoms with van der Waals surface area (Å²) in [5, 5.41) is 3.88. The number of ether oxygens (including phenoxy) is 1. The van der Waals surface area contributed by atoms with E-state index in [0.29, 0.717) is 6.61 Å². The predicted molar refractivity (Wildman–Crippen MR) is 103 cm³/mol. The number of furan rings is 1. The Morgan fingerprint density at radius 2 is 1.93 bits per heavy atom. The molecule has 0 aliphatic rings. The highest BCUT2D eigenvalue weighted by Gasteiger charge is 2.20. The molecule has 1 heterocycles. The van der Waals surface area contributed by atoms with Crippen LogP contribution in [0.15, 0.2) is 59.2 Å². The van der Waals surface area contributed by atoms with Crippen molar-refractivity contribution in [3.63, 3.8) is 0 Å². The first-order chi connectivity index (χ1) is 13.1. The van der Waals surface area contributed by atoms with Gasteiger partial charge in [0.1, 0.15) is 5.58 Å². The number of hydrogen-bond donors (Lipinski definition) is 1. The number of benzene rings is 2. The Bertz CT molecular complexity index is 930. The lowest BCUT2D eigenvalue weighted by molar-refractivity contribution is -0.143. The van der Waals surface area contributed by atoms with Crippen molar-refractivity contribution in [2.24, 2.45) is 0 Å². The average molecular weight is 365 g/mol. The van der Waals surface area contributed by atoms with Gasteiger partial charge in [0, 0.05) is 10.9 Å². The molecule has 1 unspecified atom stereocenters. The van der Waals surface area contributed by atoms with E-state index in [9.17, 15) is 9.59 Å². The molecule has 27 heavy (non-hydrogen) atoms. The van der Waals surface area contributed by atoms with Gasteiger partial charge < -0.3 is 14.5 Å². The van der Waals surface area contributed by atoms with Crippen LogP contribution in [-0.4, -0.2) is 18.5 Å². The Hall–Kier alpha value is -3.08. The number of rotatable bonds is 7. The summed E-state index contributed by atoms with van der Waals surface area (Å²) in [4.78, 5) is 24.6. The van der Waals surface area contributed by atoms with E-state index in [1.807, 2.05) is 55.5 Å². The molecule has 0 saturated carbocycles. The summed E-state index contributed by atoms with van der Waals surface area (Å²) in [7, 11) is 0. The highest BCUT2D eigenvalue weighted by atomic mass is 16.5. The van der Waals surface area contributed by atoms with Crippen molar-refractivity contribution in [2.45, 2.75) is 32.7 Å². The predicted octanol–water partition coefficient (Wildman–Crippen LogP) is 4.09. The minimum Gasteiger partial charge on any atom is -0.466 e. The molecule has 1 amide bonds. The first-order valence-electron chi connectivity index (χ1n) is 9.03. The van der Waals surface area contributed by atoms with Gasteiger partial charge in [-0.3, -0.25) is 9.59 Å². The molecule has 5 nitrogen and oxygen atoms in total. The second-order valence-corrected chi connectivity index (χ2v) is 6.48. The van der Waals surface area contributed by atoms with Crippen molar-refractivity contribution in [3.8, 4) is 0 Å². The van der Waals surface area contributed by atoms with Crippen molar-refractivity contribution >= 4 is 22.8 Å². The Morgan fingerprint density at radius 3 is 2.67 bits per heavy atom. The van der Waals surface area contributed by atoms with Crippen molar-refractivity contribution in [3.05, 3.63) is 71.5 Å². The van der Waals surface area contributed by atoms with Gasteiger partial charge in [0.05, 0.1) is 31.8 Å². The maximum atomic E-state index is 12.6. The van der Waals surface area contributed by atoms with Crippen molar-refractivity contribution < 1.29 is 18.7 Å². The number of carbonyl (C=O) groups excluding carboxylic acids is 2. The van der Waals surface area contributed by atoms with Gasteiger partial charge in [-0.15, -0.1) is 0 Å². The molecule has 0 spiro atoms. The molecule has 0 fully saturated rings. The van der Waals surface area contributed by atoms with Crippen molar-refractivity contribution in [1.82, 2.24) is 5.32 Å². The van der Waals surface area contributed by atoms with Crippen LogP contribution in [0.4, 0.5) is 0 Å². The lowest BCUT2D eigenvalue weighted by atomic mass is 10.0. The van der Waals surface area contributed by atoms with E-state index < -0.39 is 6.04 Å². The number of fused-ring (bicyclic) bond motifs is 1. The fraction of sp³-hybridized carbons (Fsp3) is 0.273. The third kappa shape index (κ3) is 4.76. The first-order valence-corrected chi connectivity index (χ1v) is 9.03. The highest BCUT2D eigenvalue weighted by molar-refractivity contribution is 5.88. The highest BCUT2D eigenvalue weighted by Crippen LogP contribution is 2.23. The van der Waals surface area contributed by atoms with Crippen LogP contribution in [-0.2, 0) is 20.7 Å². The van der Waals surface area contributed by atoms with Crippen molar-refractivity contribution in [1.29, 1.82) is 0 Å². The maximum absolute atomic E-state index is 12.6. The van der Waals surface area contributed by atoms with Gasteiger partial charge in [-0.1, -0.05) is 42.5 Å². The minimum absolute atomic E-state index is 0.0922. The molecule has 5 heteroatoms. The normalized spacial score (nSPS) is 11.9. The number of aryl methyl sites for hydroxylation is 1. The lowest BCUT2D eigenvalue weighted by Crippen LogP contribution is -2.31. The van der Waals surface area contributed by atoms with E-state index in [2.05, 4.69) is 5.32 Å². The molecule has 1 atom stereocenters. The van der Waals surface area contributed by atoms with Crippen LogP contribution in [0, 0.1) is 6.92 Å². The molecule has 1 N–H and O–H groups in total. The third-order valence-corrected chi connectivity index (χ3v) is 4.38. The standard InChI is InChI=1S/C22H23NO4/c1-3-26-22(25)13-19(16-7-5-4-6-8-16)23-21(24)12-17-14-27-20-11-15(2)9-10-18(17)20/h4-11,14,19H,3,12-13H2,1-2H3,(H,23,24). The Labute approximate surface area is 158 Å². The van der Waals surface area contributed by atoms with Crippen LogP contribution in [0.3, 0.4) is 0 Å². The average Bonchev–Trinajstić information content (AvgIpc) is 3.04. The molecule has 2 aromatic carbocycles. The van der Waals surface area contributed by atoms with Crippen LogP contribution >= 0.6 is 0 Å². The number of nitrogens with one attached hydrogen (secondary N) is 1. The molecule has 0 saturated heterocycles. The molecule has 0 aliphatic heterocycles. The zero-order chi connectivity index (χ0) is 19.2. The summed E-state index contributed by atoms with van der Waals surface area (Å²) in [6.45, 7) is 4.07. The summed E-state index contributed by atoms with van der Waals surface area (Å²) in [5.74, 6) is -0.507. The third-order valence-electron chi connectivity index (χ3n) is 4.38. The van der Waals surface area contributed by atoms with Crippen LogP contribution in [0.5, 0.6) is 0 Å². The van der Waals surface area contributed by atoms with E-state index in [1.165, 1.54) is 0 Å². The SMILES string of the molecule is CCOC(=O)CC(NC(=O)Cc1coc2cc(C)ccc12)c1ccccc1. The number of carbonyl (C=O) groups is 2. The summed E-state index contributed by atoms with van der Waals surface area (Å²) < 4.78 is 10.6. The van der Waals surface area contributed by atoms with E-state index in [-0.39, 0.29) is 24.7 Å². The van der Waals surface area contributed by atoms with Crippen molar-refractivity contribution in [2.75, 3.05) is 6.61 Å². The summed E-state index contributed by atoms with van der Waals surface area (Å²) >= 11 is 0. The maximum Gasteiger partial charge on any atom is 0.308 e. The van der Waals surface area contributed by atoms with E-state index in [0.717, 1.165) is 27.7 Å². The molecule has 1 aromatic heterocycles. The fourth-order valence-electron chi connectivity index (χ4n) is 3.07. The van der Waals surface area contributed by atoms with Gasteiger partial charge in [-0.25, -0.2) is 0 Å². The van der Waals surface area contributed by atoms with Crippen LogP contribution in [0.1, 0.15) is 36.1 Å². The number of hydrogen-bond acceptors (Lipinski definition) is 4. The summed E-state index contributed by atoms with van der Waals surface area (Å²) in [6, 6.07) is 14.9. The van der Waals surface area contributed by atoms with Gasteiger partial charge in [0.25, 0.3) is 0 Å². The largest absolute Gasteiger partial charge is 0.466 e. The van der Waals surface area contributed by atoms with Crippen LogP contribution < -0.4 is 5.32 Å². The molecule has 0 radical (unpaired) electrons. The van der Waals surface area contributed by atoms with Gasteiger partial charge in [0.2, 0.25) is 5.91 Å². The smallest absolute Gasteiger partial charge is 0.308 e. The van der Waals surface area contributed by atoms with Gasteiger partial charge >= 0.3 is 5.97 Å². The Kier molecular flexibility index (Phi) is 5.91. The quantitative estimate of drug-likeness (QED) is 0.640. The Morgan fingerprint density at radius 1 is 1.15 bits per heavy atom. The van der Waals surface area contributed by atoms with E-state index in [1.54, 1.807) is 13.2 Å². The zero-order valence-electron chi connectivity index (χ0n) is 15.5. The minimum atomic E-state index is -0.432. The molecular weight excluding hydrogens is 342 g/mol. The number of esters is 1. The molecule has 140 valence electrons. The fourth-order valence-corrected chi connectivity index (χ4v) is 3.07. The molecule has 0 bridgehead atoms. The monoisotopic (exact) mass is 365 g/mol. The van der Waals surface area contributed by atoms with Crippen LogP contribution in [0.2, 0.25) is 0 Å². The summed E-state index contributed by atoms with van der Waals surface area (Å²) in [6.07, 6.45) is 1.89. The number of amides is 1. The first kappa shape index (κ1) is 18.7. The van der Waals surface area contributed by atoms with Gasteiger partial charge in [0.15, 0.2) is 0 Å². The molecule has 3 rings (SSSR count). The van der Waals surface area contributed by atoms with E-state index in [4.69, 9.17) is 9.15 Å². The van der Waals surface area contributed by atoms with E-state index >= 15 is 0 Å². The Balaban J connectivity index is 1.74. The molecule has 3 aromatic rings. The van der Waals surface area contributed by atoms with Gasteiger partial charge in [-0.05, 0) is 31.0 Å². The van der Waals surface area contributed by atoms with Crippen LogP contribution in [0.25, 0.3) is 11.0 Å². The van der Waals surface area contributed by atoms with Gasteiger partial charge in [-0.2, -0.15) is 0 Å². The second-order valence-electron chi connectivity index (χ2n) is 6.48. The molecular formula is C22H23NO4.